The molecule has 0 aliphatic carbocycles. The van der Waals surface area contributed by atoms with E-state index < -0.39 is 0 Å². The SMILES string of the molecule is CCN(CCC(C)CCCOC)c1ncnc2[nH]cc(C)c12.NC(=O)c1ccccc1. The van der Waals surface area contributed by atoms with Crippen molar-refractivity contribution in [2.45, 2.75) is 40.0 Å². The van der Waals surface area contributed by atoms with Crippen molar-refractivity contribution in [2.24, 2.45) is 11.7 Å². The van der Waals surface area contributed by atoms with Crippen LogP contribution in [0.15, 0.2) is 42.9 Å². The molecule has 0 spiro atoms. The Bertz CT molecular complexity index is 926. The fourth-order valence-electron chi connectivity index (χ4n) is 3.45. The first kappa shape index (κ1) is 24.3. The summed E-state index contributed by atoms with van der Waals surface area (Å²) in [5.41, 5.74) is 7.66. The van der Waals surface area contributed by atoms with Gasteiger partial charge < -0.3 is 20.4 Å². The largest absolute Gasteiger partial charge is 0.385 e. The molecule has 3 N–H and O–H groups in total. The van der Waals surface area contributed by atoms with Gasteiger partial charge in [0.25, 0.3) is 0 Å². The average molecular weight is 426 g/mol. The second kappa shape index (κ2) is 12.7. The molecule has 0 fully saturated rings. The maximum atomic E-state index is 10.4. The van der Waals surface area contributed by atoms with E-state index in [9.17, 15) is 4.79 Å². The summed E-state index contributed by atoms with van der Waals surface area (Å²) >= 11 is 0. The van der Waals surface area contributed by atoms with E-state index in [4.69, 9.17) is 10.5 Å². The topological polar surface area (TPSA) is 97.1 Å². The van der Waals surface area contributed by atoms with Crippen LogP contribution in [-0.4, -0.2) is 47.7 Å². The normalized spacial score (nSPS) is 11.6. The van der Waals surface area contributed by atoms with Gasteiger partial charge in [-0.15, -0.1) is 0 Å². The maximum Gasteiger partial charge on any atom is 0.248 e. The standard InChI is InChI=1S/C17H28N4O.C7H7NO/c1-5-21(9-8-13(2)7-6-10-22-4)17-15-14(3)11-18-16(15)19-12-20-17;8-7(9)6-4-2-1-3-5-6/h11-13H,5-10H2,1-4H3,(H,18,19,20);1-5H,(H2,8,9). The quantitative estimate of drug-likeness (QED) is 0.471. The van der Waals surface area contributed by atoms with Gasteiger partial charge in [0.1, 0.15) is 17.8 Å². The van der Waals surface area contributed by atoms with Crippen molar-refractivity contribution in [1.82, 2.24) is 15.0 Å². The third-order valence-corrected chi connectivity index (χ3v) is 5.32. The van der Waals surface area contributed by atoms with Crippen LogP contribution in [0.2, 0.25) is 0 Å². The molecule has 0 saturated carbocycles. The molecule has 7 heteroatoms. The molecule has 3 aromatic rings. The lowest BCUT2D eigenvalue weighted by Crippen LogP contribution is -2.26. The van der Waals surface area contributed by atoms with Crippen molar-refractivity contribution in [3.63, 3.8) is 0 Å². The number of methoxy groups -OCH3 is 1. The third-order valence-electron chi connectivity index (χ3n) is 5.32. The highest BCUT2D eigenvalue weighted by atomic mass is 16.5. The Morgan fingerprint density at radius 1 is 1.23 bits per heavy atom. The average Bonchev–Trinajstić information content (AvgIpc) is 3.17. The van der Waals surface area contributed by atoms with Crippen LogP contribution in [0.1, 0.15) is 49.0 Å². The number of rotatable bonds is 10. The van der Waals surface area contributed by atoms with Gasteiger partial charge in [-0.2, -0.15) is 0 Å². The molecular formula is C24H35N5O2. The van der Waals surface area contributed by atoms with Crippen LogP contribution in [-0.2, 0) is 4.74 Å². The van der Waals surface area contributed by atoms with E-state index in [1.165, 1.54) is 18.4 Å². The molecule has 0 saturated heterocycles. The summed E-state index contributed by atoms with van der Waals surface area (Å²) in [6.07, 6.45) is 7.18. The number of aromatic nitrogens is 3. The first-order chi connectivity index (χ1) is 15.0. The van der Waals surface area contributed by atoms with Gasteiger partial charge in [-0.05, 0) is 56.7 Å². The number of H-pyrrole nitrogens is 1. The fourth-order valence-corrected chi connectivity index (χ4v) is 3.45. The lowest BCUT2D eigenvalue weighted by Gasteiger charge is -2.24. The first-order valence-corrected chi connectivity index (χ1v) is 10.8. The van der Waals surface area contributed by atoms with Gasteiger partial charge in [0.05, 0.1) is 5.39 Å². The monoisotopic (exact) mass is 425 g/mol. The molecule has 31 heavy (non-hydrogen) atoms. The number of carbonyl (C=O) groups is 1. The van der Waals surface area contributed by atoms with Crippen LogP contribution in [0.3, 0.4) is 0 Å². The number of carbonyl (C=O) groups excluding carboxylic acids is 1. The molecule has 0 bridgehead atoms. The maximum absolute atomic E-state index is 10.4. The summed E-state index contributed by atoms with van der Waals surface area (Å²) in [5, 5.41) is 1.15. The van der Waals surface area contributed by atoms with Gasteiger partial charge in [-0.3, -0.25) is 4.79 Å². The number of benzene rings is 1. The zero-order valence-corrected chi connectivity index (χ0v) is 19.1. The fraction of sp³-hybridized carbons (Fsp3) is 0.458. The number of nitrogens with one attached hydrogen (secondary N) is 1. The molecule has 2 heterocycles. The van der Waals surface area contributed by atoms with Crippen molar-refractivity contribution in [3.05, 3.63) is 54.0 Å². The molecule has 2 aromatic heterocycles. The van der Waals surface area contributed by atoms with Crippen molar-refractivity contribution < 1.29 is 9.53 Å². The molecule has 0 aliphatic rings. The van der Waals surface area contributed by atoms with Crippen LogP contribution in [0.4, 0.5) is 5.82 Å². The third kappa shape index (κ3) is 7.36. The highest BCUT2D eigenvalue weighted by Gasteiger charge is 2.15. The number of ether oxygens (including phenoxy) is 1. The lowest BCUT2D eigenvalue weighted by atomic mass is 10.0. The summed E-state index contributed by atoms with van der Waals surface area (Å²) in [6.45, 7) is 9.46. The Labute approximate surface area is 185 Å². The molecule has 1 amide bonds. The lowest BCUT2D eigenvalue weighted by molar-refractivity contribution is 0.100. The van der Waals surface area contributed by atoms with Gasteiger partial charge in [0.15, 0.2) is 0 Å². The van der Waals surface area contributed by atoms with Crippen molar-refractivity contribution in [2.75, 3.05) is 31.7 Å². The predicted molar refractivity (Wildman–Crippen MR) is 126 cm³/mol. The van der Waals surface area contributed by atoms with E-state index in [0.717, 1.165) is 43.0 Å². The summed E-state index contributed by atoms with van der Waals surface area (Å²) in [5.74, 6) is 1.37. The van der Waals surface area contributed by atoms with E-state index in [1.807, 2.05) is 12.3 Å². The number of aromatic amines is 1. The van der Waals surface area contributed by atoms with E-state index in [0.29, 0.717) is 11.5 Å². The van der Waals surface area contributed by atoms with Crippen LogP contribution < -0.4 is 10.6 Å². The van der Waals surface area contributed by atoms with Gasteiger partial charge >= 0.3 is 0 Å². The summed E-state index contributed by atoms with van der Waals surface area (Å²) < 4.78 is 5.13. The Hall–Kier alpha value is -2.93. The molecule has 1 atom stereocenters. The van der Waals surface area contributed by atoms with Crippen molar-refractivity contribution >= 4 is 22.8 Å². The van der Waals surface area contributed by atoms with Crippen LogP contribution in [0.5, 0.6) is 0 Å². The minimum atomic E-state index is -0.379. The highest BCUT2D eigenvalue weighted by Crippen LogP contribution is 2.26. The predicted octanol–water partition coefficient (Wildman–Crippen LogP) is 4.33. The number of fused-ring (bicyclic) bond motifs is 1. The van der Waals surface area contributed by atoms with Crippen molar-refractivity contribution in [3.8, 4) is 0 Å². The molecule has 3 rings (SSSR count). The van der Waals surface area contributed by atoms with Crippen molar-refractivity contribution in [1.29, 1.82) is 0 Å². The Kier molecular flexibility index (Phi) is 9.97. The number of aryl methyl sites for hydroxylation is 1. The van der Waals surface area contributed by atoms with E-state index in [1.54, 1.807) is 37.7 Å². The Balaban J connectivity index is 0.000000316. The molecule has 0 aliphatic heterocycles. The number of nitrogens with zero attached hydrogens (tertiary/aromatic N) is 3. The minimum absolute atomic E-state index is 0.379. The summed E-state index contributed by atoms with van der Waals surface area (Å²) in [4.78, 5) is 24.9. The second-order valence-electron chi connectivity index (χ2n) is 7.73. The summed E-state index contributed by atoms with van der Waals surface area (Å²) in [7, 11) is 1.77. The molecule has 1 aromatic carbocycles. The Morgan fingerprint density at radius 2 is 1.97 bits per heavy atom. The van der Waals surface area contributed by atoms with Gasteiger partial charge in [-0.1, -0.05) is 25.1 Å². The van der Waals surface area contributed by atoms with Crippen LogP contribution in [0, 0.1) is 12.8 Å². The molecule has 168 valence electrons. The van der Waals surface area contributed by atoms with Gasteiger partial charge in [0, 0.05) is 38.6 Å². The molecule has 0 radical (unpaired) electrons. The highest BCUT2D eigenvalue weighted by molar-refractivity contribution is 5.92. The van der Waals surface area contributed by atoms with Crippen LogP contribution >= 0.6 is 0 Å². The van der Waals surface area contributed by atoms with Crippen LogP contribution in [0.25, 0.3) is 11.0 Å². The van der Waals surface area contributed by atoms with Gasteiger partial charge in [-0.25, -0.2) is 9.97 Å². The molecular weight excluding hydrogens is 390 g/mol. The number of primary amides is 1. The molecule has 7 nitrogen and oxygen atoms in total. The number of nitrogens with two attached hydrogens (primary N) is 1. The minimum Gasteiger partial charge on any atom is -0.385 e. The zero-order chi connectivity index (χ0) is 22.6. The van der Waals surface area contributed by atoms with Gasteiger partial charge in [0.2, 0.25) is 5.91 Å². The number of anilines is 1. The smallest absolute Gasteiger partial charge is 0.248 e. The van der Waals surface area contributed by atoms with E-state index in [2.05, 4.69) is 40.6 Å². The number of hydrogen-bond acceptors (Lipinski definition) is 5. The Morgan fingerprint density at radius 3 is 2.58 bits per heavy atom. The number of amides is 1. The molecule has 1 unspecified atom stereocenters. The van der Waals surface area contributed by atoms with E-state index >= 15 is 0 Å². The first-order valence-electron chi connectivity index (χ1n) is 10.8. The second-order valence-corrected chi connectivity index (χ2v) is 7.73. The van der Waals surface area contributed by atoms with E-state index in [-0.39, 0.29) is 5.91 Å². The number of hydrogen-bond donors (Lipinski definition) is 2. The zero-order valence-electron chi connectivity index (χ0n) is 19.1. The summed E-state index contributed by atoms with van der Waals surface area (Å²) in [6, 6.07) is 8.76.